The highest BCUT2D eigenvalue weighted by Crippen LogP contribution is 2.26. The number of aromatic nitrogens is 4. The minimum absolute atomic E-state index is 1.04. The third-order valence-electron chi connectivity index (χ3n) is 8.74. The van der Waals surface area contributed by atoms with Crippen LogP contribution in [0.2, 0.25) is 0 Å². The molecule has 0 atom stereocenters. The van der Waals surface area contributed by atoms with Crippen LogP contribution < -0.4 is 21.4 Å². The summed E-state index contributed by atoms with van der Waals surface area (Å²) in [5.41, 5.74) is 14.8. The van der Waals surface area contributed by atoms with Crippen LogP contribution in [-0.4, -0.2) is 19.9 Å². The van der Waals surface area contributed by atoms with E-state index in [1.165, 1.54) is 16.7 Å². The van der Waals surface area contributed by atoms with Gasteiger partial charge in [0.15, 0.2) is 0 Å². The molecule has 0 saturated heterocycles. The molecule has 0 spiro atoms. The average molecular weight is 583 g/mol. The summed E-state index contributed by atoms with van der Waals surface area (Å²) in [5.74, 6) is 0. The van der Waals surface area contributed by atoms with E-state index < -0.39 is 0 Å². The minimum Gasteiger partial charge on any atom is -0.355 e. The van der Waals surface area contributed by atoms with Gasteiger partial charge >= 0.3 is 0 Å². The summed E-state index contributed by atoms with van der Waals surface area (Å²) in [6.45, 7) is 6.38. The molecule has 8 rings (SSSR count). The summed E-state index contributed by atoms with van der Waals surface area (Å²) in [6.07, 6.45) is 2.17. The van der Waals surface area contributed by atoms with Crippen LogP contribution in [-0.2, 0) is 0 Å². The van der Waals surface area contributed by atoms with Crippen molar-refractivity contribution in [1.82, 2.24) is 19.9 Å². The van der Waals surface area contributed by atoms with Gasteiger partial charge in [0.05, 0.1) is 0 Å². The molecule has 7 aromatic rings. The fraction of sp³-hybridized carbons (Fsp3) is 0.0732. The first kappa shape index (κ1) is 26.9. The van der Waals surface area contributed by atoms with E-state index in [2.05, 4.69) is 168 Å². The number of rotatable bonds is 3. The van der Waals surface area contributed by atoms with Crippen LogP contribution in [0.1, 0.15) is 56.2 Å². The van der Waals surface area contributed by atoms with E-state index in [1.54, 1.807) is 0 Å². The van der Waals surface area contributed by atoms with Crippen molar-refractivity contribution in [3.05, 3.63) is 199 Å². The lowest BCUT2D eigenvalue weighted by molar-refractivity contribution is 1.19. The van der Waals surface area contributed by atoms with Crippen LogP contribution in [0.25, 0.3) is 22.8 Å². The zero-order chi connectivity index (χ0) is 30.5. The Kier molecular flexibility index (Phi) is 6.42. The van der Waals surface area contributed by atoms with Gasteiger partial charge in [-0.25, -0.2) is 0 Å². The van der Waals surface area contributed by atoms with E-state index in [0.29, 0.717) is 0 Å². The molecule has 4 N–H and O–H groups in total. The van der Waals surface area contributed by atoms with Crippen LogP contribution in [0.15, 0.2) is 121 Å². The van der Waals surface area contributed by atoms with Crippen LogP contribution in [0.3, 0.4) is 0 Å². The van der Waals surface area contributed by atoms with E-state index in [0.717, 1.165) is 77.6 Å². The van der Waals surface area contributed by atoms with E-state index in [1.807, 2.05) is 0 Å². The fourth-order valence-corrected chi connectivity index (χ4v) is 6.35. The van der Waals surface area contributed by atoms with Gasteiger partial charge in [0, 0.05) is 60.9 Å². The van der Waals surface area contributed by atoms with Gasteiger partial charge in [-0.15, -0.1) is 0 Å². The molecule has 5 heterocycles. The number of aryl methyl sites for hydroxylation is 3. The third-order valence-corrected chi connectivity index (χ3v) is 8.74. The van der Waals surface area contributed by atoms with Gasteiger partial charge in [0.1, 0.15) is 0 Å². The monoisotopic (exact) mass is 582 g/mol. The molecular formula is C41H34N4. The molecule has 1 aliphatic rings. The van der Waals surface area contributed by atoms with Crippen molar-refractivity contribution in [3.8, 4) is 0 Å². The number of hydrogen-bond donors (Lipinski definition) is 4. The molecule has 3 aromatic carbocycles. The molecule has 0 radical (unpaired) electrons. The Bertz CT molecular complexity index is 2420. The number of fused-ring (bicyclic) bond motifs is 8. The summed E-state index contributed by atoms with van der Waals surface area (Å²) in [4.78, 5) is 15.1. The van der Waals surface area contributed by atoms with Crippen molar-refractivity contribution >= 4 is 22.8 Å². The summed E-state index contributed by atoms with van der Waals surface area (Å²) in [7, 11) is 0. The zero-order valence-electron chi connectivity index (χ0n) is 25.6. The Morgan fingerprint density at radius 3 is 1.22 bits per heavy atom. The van der Waals surface area contributed by atoms with Gasteiger partial charge in [0.2, 0.25) is 0 Å². The molecule has 0 amide bonds. The molecule has 4 nitrogen and oxygen atoms in total. The fourth-order valence-electron chi connectivity index (χ4n) is 6.35. The minimum atomic E-state index is 1.04. The molecule has 4 aromatic heterocycles. The molecule has 4 heteroatoms. The number of benzene rings is 3. The first-order valence-corrected chi connectivity index (χ1v) is 15.4. The van der Waals surface area contributed by atoms with Gasteiger partial charge < -0.3 is 19.9 Å². The largest absolute Gasteiger partial charge is 0.355 e. The second-order valence-corrected chi connectivity index (χ2v) is 12.1. The Morgan fingerprint density at radius 2 is 0.733 bits per heavy atom. The topological polar surface area (TPSA) is 63.2 Å². The van der Waals surface area contributed by atoms with Crippen molar-refractivity contribution in [2.45, 2.75) is 20.8 Å². The number of aromatic amines is 4. The first-order valence-electron chi connectivity index (χ1n) is 15.4. The third kappa shape index (κ3) is 5.00. The van der Waals surface area contributed by atoms with Crippen molar-refractivity contribution < 1.29 is 0 Å². The lowest BCUT2D eigenvalue weighted by Gasteiger charge is -2.09. The quantitative estimate of drug-likeness (QED) is 0.203. The molecule has 0 fully saturated rings. The maximum absolute atomic E-state index is 3.83. The Balaban J connectivity index is 1.48. The van der Waals surface area contributed by atoms with Crippen molar-refractivity contribution in [1.29, 1.82) is 0 Å². The molecule has 0 unspecified atom stereocenters. The Hall–Kier alpha value is -5.74. The highest BCUT2D eigenvalue weighted by atomic mass is 14.8. The summed E-state index contributed by atoms with van der Waals surface area (Å²) in [6, 6.07) is 43.8. The van der Waals surface area contributed by atoms with Crippen LogP contribution in [0.5, 0.6) is 0 Å². The molecular weight excluding hydrogens is 548 g/mol. The van der Waals surface area contributed by atoms with E-state index >= 15 is 0 Å². The molecule has 0 saturated carbocycles. The van der Waals surface area contributed by atoms with E-state index in [-0.39, 0.29) is 0 Å². The number of H-pyrrole nitrogens is 4. The Labute approximate surface area is 261 Å². The molecule has 1 aliphatic heterocycles. The van der Waals surface area contributed by atoms with Gasteiger partial charge in [-0.3, -0.25) is 0 Å². The number of nitrogens with one attached hydrogen (secondary N) is 4. The average Bonchev–Trinajstić information content (AvgIpc) is 3.87. The molecule has 45 heavy (non-hydrogen) atoms. The van der Waals surface area contributed by atoms with Crippen molar-refractivity contribution in [2.75, 3.05) is 0 Å². The molecule has 8 bridgehead atoms. The maximum atomic E-state index is 3.83. The van der Waals surface area contributed by atoms with E-state index in [9.17, 15) is 0 Å². The maximum Gasteiger partial charge on any atom is 0.0485 e. The van der Waals surface area contributed by atoms with Gasteiger partial charge in [-0.1, -0.05) is 89.5 Å². The van der Waals surface area contributed by atoms with Gasteiger partial charge in [-0.2, -0.15) is 0 Å². The summed E-state index contributed by atoms with van der Waals surface area (Å²) >= 11 is 0. The Morgan fingerprint density at radius 1 is 0.333 bits per heavy atom. The van der Waals surface area contributed by atoms with E-state index in [4.69, 9.17) is 0 Å². The second-order valence-electron chi connectivity index (χ2n) is 12.1. The van der Waals surface area contributed by atoms with Crippen molar-refractivity contribution in [3.63, 3.8) is 0 Å². The lowest BCUT2D eigenvalue weighted by atomic mass is 10.0. The molecule has 218 valence electrons. The van der Waals surface area contributed by atoms with Crippen LogP contribution >= 0.6 is 0 Å². The normalized spacial score (nSPS) is 12.8. The summed E-state index contributed by atoms with van der Waals surface area (Å²) in [5, 5.41) is 4.20. The highest BCUT2D eigenvalue weighted by molar-refractivity contribution is 5.83. The lowest BCUT2D eigenvalue weighted by Crippen LogP contribution is -2.18. The summed E-state index contributed by atoms with van der Waals surface area (Å²) < 4.78 is 0. The SMILES string of the molecule is Cc1ccc(C2=c3ccc([nH]3)=Cc3ccc([nH]3)C(c3ccc(C)cc3)=c3ccc([nH]3)=C(c3ccc(C)cc3)c3ccc2[nH]3)cc1. The molecule has 0 aliphatic carbocycles. The van der Waals surface area contributed by atoms with Crippen LogP contribution in [0, 0.1) is 20.8 Å². The standard InChI is InChI=1S/C41H34N4/c1-25-4-10-28(11-5-25)39-33-18-16-31(42-33)24-32-17-19-34(43-32)40(29-12-6-26(2)7-13-29)36-21-23-38(45-36)41(37-22-20-35(39)44-37)30-14-8-27(3)9-15-30/h4-24,42-45H,1-3H3. The highest BCUT2D eigenvalue weighted by Gasteiger charge is 2.16. The second kappa shape index (κ2) is 10.8. The smallest absolute Gasteiger partial charge is 0.0485 e. The zero-order valence-corrected chi connectivity index (χ0v) is 25.6. The number of hydrogen-bond acceptors (Lipinski definition) is 0. The van der Waals surface area contributed by atoms with Crippen molar-refractivity contribution in [2.24, 2.45) is 0 Å². The van der Waals surface area contributed by atoms with Crippen LogP contribution in [0.4, 0.5) is 0 Å². The predicted octanol–water partition coefficient (Wildman–Crippen LogP) is 5.81. The first-order chi connectivity index (χ1) is 22.0. The van der Waals surface area contributed by atoms with Gasteiger partial charge in [-0.05, 0) is 92.1 Å². The van der Waals surface area contributed by atoms with Gasteiger partial charge in [0.25, 0.3) is 0 Å². The predicted molar refractivity (Wildman–Crippen MR) is 184 cm³/mol.